The third-order valence-electron chi connectivity index (χ3n) is 4.41. The molecule has 1 saturated carbocycles. The third kappa shape index (κ3) is 2.01. The number of carbonyl (C=O) groups excluding carboxylic acids is 1. The summed E-state index contributed by atoms with van der Waals surface area (Å²) in [4.78, 5) is 18.0. The van der Waals surface area contributed by atoms with Crippen molar-refractivity contribution in [3.63, 3.8) is 0 Å². The van der Waals surface area contributed by atoms with Crippen LogP contribution in [-0.2, 0) is 4.79 Å². The van der Waals surface area contributed by atoms with Gasteiger partial charge in [-0.3, -0.25) is 9.69 Å². The van der Waals surface area contributed by atoms with Gasteiger partial charge in [0.2, 0.25) is 5.91 Å². The summed E-state index contributed by atoms with van der Waals surface area (Å²) in [6, 6.07) is 10.4. The van der Waals surface area contributed by atoms with Crippen LogP contribution >= 0.6 is 0 Å². The number of amides is 1. The minimum Gasteiger partial charge on any atom is -0.369 e. The summed E-state index contributed by atoms with van der Waals surface area (Å²) in [7, 11) is 1.68. The first kappa shape index (κ1) is 12.2. The average molecular weight is 257 g/mol. The maximum absolute atomic E-state index is 12.0. The summed E-state index contributed by atoms with van der Waals surface area (Å²) in [5.74, 6) is 1.34. The highest BCUT2D eigenvalue weighted by Gasteiger charge is 2.53. The molecule has 4 heteroatoms. The lowest BCUT2D eigenvalue weighted by Gasteiger charge is -2.33. The number of carbonyl (C=O) groups is 1. The van der Waals surface area contributed by atoms with Crippen LogP contribution in [-0.4, -0.2) is 29.4 Å². The minimum atomic E-state index is -0.339. The lowest BCUT2D eigenvalue weighted by Crippen LogP contribution is -2.49. The zero-order chi connectivity index (χ0) is 13.6. The topological polar surface area (TPSA) is 58.7 Å². The average Bonchev–Trinajstić information content (AvgIpc) is 3.18. The Kier molecular flexibility index (Phi) is 2.62. The molecule has 0 saturated heterocycles. The van der Waals surface area contributed by atoms with E-state index in [4.69, 9.17) is 5.73 Å². The van der Waals surface area contributed by atoms with Gasteiger partial charge in [0, 0.05) is 7.05 Å². The highest BCUT2D eigenvalue weighted by atomic mass is 16.2. The highest BCUT2D eigenvalue weighted by Crippen LogP contribution is 2.56. The van der Waals surface area contributed by atoms with E-state index in [1.165, 1.54) is 10.5 Å². The van der Waals surface area contributed by atoms with Crippen molar-refractivity contribution < 1.29 is 4.79 Å². The Morgan fingerprint density at radius 1 is 1.37 bits per heavy atom. The SMILES string of the molecule is CN1C(=O)C[C@@](C)([C@H]2C[C@@H]2c2ccccc2)N=C1N. The van der Waals surface area contributed by atoms with E-state index < -0.39 is 0 Å². The summed E-state index contributed by atoms with van der Waals surface area (Å²) in [6.45, 7) is 2.05. The van der Waals surface area contributed by atoms with Gasteiger partial charge in [0.15, 0.2) is 5.96 Å². The Bertz CT molecular complexity index is 540. The van der Waals surface area contributed by atoms with Crippen molar-refractivity contribution in [3.05, 3.63) is 35.9 Å². The summed E-state index contributed by atoms with van der Waals surface area (Å²) >= 11 is 0. The van der Waals surface area contributed by atoms with Crippen LogP contribution in [0.4, 0.5) is 0 Å². The molecule has 4 nitrogen and oxygen atoms in total. The molecule has 2 N–H and O–H groups in total. The van der Waals surface area contributed by atoms with Gasteiger partial charge in [-0.25, -0.2) is 4.99 Å². The normalized spacial score (nSPS) is 34.1. The van der Waals surface area contributed by atoms with Gasteiger partial charge in [-0.2, -0.15) is 0 Å². The van der Waals surface area contributed by atoms with Crippen molar-refractivity contribution >= 4 is 11.9 Å². The zero-order valence-corrected chi connectivity index (χ0v) is 11.3. The molecule has 0 unspecified atom stereocenters. The predicted octanol–water partition coefficient (Wildman–Crippen LogP) is 1.73. The largest absolute Gasteiger partial charge is 0.369 e. The van der Waals surface area contributed by atoms with E-state index in [1.807, 2.05) is 6.07 Å². The Hall–Kier alpha value is -1.84. The number of nitrogens with zero attached hydrogens (tertiary/aromatic N) is 2. The summed E-state index contributed by atoms with van der Waals surface area (Å²) in [6.07, 6.45) is 1.55. The van der Waals surface area contributed by atoms with Crippen LogP contribution in [0.2, 0.25) is 0 Å². The monoisotopic (exact) mass is 257 g/mol. The van der Waals surface area contributed by atoms with Crippen molar-refractivity contribution in [1.82, 2.24) is 4.90 Å². The summed E-state index contributed by atoms with van der Waals surface area (Å²) in [5.41, 5.74) is 6.85. The van der Waals surface area contributed by atoms with Gasteiger partial charge in [0.1, 0.15) is 0 Å². The van der Waals surface area contributed by atoms with Gasteiger partial charge in [-0.05, 0) is 30.7 Å². The third-order valence-corrected chi connectivity index (χ3v) is 4.41. The lowest BCUT2D eigenvalue weighted by atomic mass is 9.88. The highest BCUT2D eigenvalue weighted by molar-refractivity contribution is 5.98. The maximum atomic E-state index is 12.0. The molecule has 0 radical (unpaired) electrons. The van der Waals surface area contributed by atoms with Gasteiger partial charge in [-0.1, -0.05) is 30.3 Å². The van der Waals surface area contributed by atoms with Crippen molar-refractivity contribution in [2.24, 2.45) is 16.6 Å². The molecule has 3 rings (SSSR count). The molecule has 1 aliphatic carbocycles. The fourth-order valence-electron chi connectivity index (χ4n) is 3.09. The molecule has 0 spiro atoms. The number of benzene rings is 1. The van der Waals surface area contributed by atoms with Crippen LogP contribution in [0.25, 0.3) is 0 Å². The minimum absolute atomic E-state index is 0.0636. The quantitative estimate of drug-likeness (QED) is 0.877. The first-order chi connectivity index (χ1) is 9.01. The van der Waals surface area contributed by atoms with Gasteiger partial charge in [0.25, 0.3) is 0 Å². The first-order valence-electron chi connectivity index (χ1n) is 6.68. The Morgan fingerprint density at radius 2 is 2.05 bits per heavy atom. The van der Waals surface area contributed by atoms with Gasteiger partial charge >= 0.3 is 0 Å². The molecule has 0 bridgehead atoms. The number of aliphatic imine (C=N–C) groups is 1. The zero-order valence-electron chi connectivity index (χ0n) is 11.3. The van der Waals surface area contributed by atoms with Gasteiger partial charge in [0.05, 0.1) is 12.0 Å². The molecule has 1 aromatic carbocycles. The molecule has 1 aromatic rings. The van der Waals surface area contributed by atoms with Crippen molar-refractivity contribution in [2.45, 2.75) is 31.2 Å². The fourth-order valence-corrected chi connectivity index (χ4v) is 3.09. The van der Waals surface area contributed by atoms with Crippen LogP contribution in [0.15, 0.2) is 35.3 Å². The van der Waals surface area contributed by atoms with E-state index in [2.05, 4.69) is 36.2 Å². The second-order valence-corrected chi connectivity index (χ2v) is 5.82. The Labute approximate surface area is 113 Å². The lowest BCUT2D eigenvalue weighted by molar-refractivity contribution is -0.128. The molecule has 1 heterocycles. The number of hydrogen-bond acceptors (Lipinski definition) is 3. The second kappa shape index (κ2) is 4.08. The van der Waals surface area contributed by atoms with Crippen molar-refractivity contribution in [1.29, 1.82) is 0 Å². The van der Waals surface area contributed by atoms with Crippen LogP contribution in [0, 0.1) is 5.92 Å². The number of nitrogens with two attached hydrogens (primary N) is 1. The molecule has 3 atom stereocenters. The Balaban J connectivity index is 1.83. The maximum Gasteiger partial charge on any atom is 0.231 e. The van der Waals surface area contributed by atoms with Crippen LogP contribution in [0.3, 0.4) is 0 Å². The van der Waals surface area contributed by atoms with Crippen LogP contribution < -0.4 is 5.73 Å². The van der Waals surface area contributed by atoms with E-state index >= 15 is 0 Å². The Morgan fingerprint density at radius 3 is 2.68 bits per heavy atom. The fraction of sp³-hybridized carbons (Fsp3) is 0.467. The summed E-state index contributed by atoms with van der Waals surface area (Å²) in [5, 5.41) is 0. The molecule has 100 valence electrons. The smallest absolute Gasteiger partial charge is 0.231 e. The van der Waals surface area contributed by atoms with E-state index in [-0.39, 0.29) is 11.4 Å². The van der Waals surface area contributed by atoms with Crippen molar-refractivity contribution in [2.75, 3.05) is 7.05 Å². The molecular weight excluding hydrogens is 238 g/mol. The number of guanidine groups is 1. The molecule has 0 aromatic heterocycles. The predicted molar refractivity (Wildman–Crippen MR) is 74.7 cm³/mol. The van der Waals surface area contributed by atoms with Crippen LogP contribution in [0.5, 0.6) is 0 Å². The van der Waals surface area contributed by atoms with Gasteiger partial charge < -0.3 is 5.73 Å². The van der Waals surface area contributed by atoms with Crippen LogP contribution in [0.1, 0.15) is 31.2 Å². The second-order valence-electron chi connectivity index (χ2n) is 5.82. The molecule has 1 fully saturated rings. The molecule has 2 aliphatic rings. The standard InChI is InChI=1S/C15H19N3O/c1-15(9-13(19)18(2)14(16)17-15)12-8-11(12)10-6-4-3-5-7-10/h3-7,11-12H,8-9H2,1-2H3,(H2,16,17)/t11-,12+,15+/m1/s1. The summed E-state index contributed by atoms with van der Waals surface area (Å²) < 4.78 is 0. The van der Waals surface area contributed by atoms with E-state index in [0.29, 0.717) is 24.2 Å². The molecular formula is C15H19N3O. The number of rotatable bonds is 2. The van der Waals surface area contributed by atoms with E-state index in [0.717, 1.165) is 6.42 Å². The van der Waals surface area contributed by atoms with Crippen molar-refractivity contribution in [3.8, 4) is 0 Å². The first-order valence-corrected chi connectivity index (χ1v) is 6.68. The molecule has 1 aliphatic heterocycles. The molecule has 19 heavy (non-hydrogen) atoms. The van der Waals surface area contributed by atoms with Gasteiger partial charge in [-0.15, -0.1) is 0 Å². The molecule has 1 amide bonds. The number of hydrogen-bond donors (Lipinski definition) is 1. The van der Waals surface area contributed by atoms with E-state index in [1.54, 1.807) is 7.05 Å². The van der Waals surface area contributed by atoms with E-state index in [9.17, 15) is 4.79 Å².